The van der Waals surface area contributed by atoms with Crippen molar-refractivity contribution in [1.29, 1.82) is 0 Å². The molecule has 1 aromatic rings. The molecule has 0 spiro atoms. The van der Waals surface area contributed by atoms with E-state index in [0.29, 0.717) is 18.5 Å². The highest BCUT2D eigenvalue weighted by Gasteiger charge is 2.15. The predicted molar refractivity (Wildman–Crippen MR) is 63.1 cm³/mol. The number of primary amides is 1. The van der Waals surface area contributed by atoms with Crippen molar-refractivity contribution in [1.82, 2.24) is 15.1 Å². The van der Waals surface area contributed by atoms with Crippen LogP contribution in [-0.2, 0) is 24.2 Å². The molecule has 0 unspecified atom stereocenters. The summed E-state index contributed by atoms with van der Waals surface area (Å²) in [6, 6.07) is -0.871. The third-order valence-electron chi connectivity index (χ3n) is 2.40. The van der Waals surface area contributed by atoms with Crippen LogP contribution >= 0.6 is 0 Å². The maximum Gasteiger partial charge on any atom is 0.318 e. The number of carbonyl (C=O) groups is 2. The summed E-state index contributed by atoms with van der Waals surface area (Å²) in [6.45, 7) is 3.80. The molecule has 0 fully saturated rings. The van der Waals surface area contributed by atoms with E-state index in [1.807, 2.05) is 19.2 Å². The zero-order valence-electron chi connectivity index (χ0n) is 9.99. The zero-order chi connectivity index (χ0) is 13.0. The maximum atomic E-state index is 11.4. The molecule has 0 saturated heterocycles. The molecule has 1 rings (SSSR count). The van der Waals surface area contributed by atoms with Gasteiger partial charge in [0.05, 0.1) is 17.1 Å². The first-order valence-electron chi connectivity index (χ1n) is 5.42. The Morgan fingerprint density at radius 1 is 1.35 bits per heavy atom. The van der Waals surface area contributed by atoms with Gasteiger partial charge in [-0.25, -0.2) is 4.79 Å². The maximum absolute atomic E-state index is 11.4. The molecule has 0 aliphatic carbocycles. The number of nitrogen functional groups attached to an aromatic ring is 1. The fourth-order valence-corrected chi connectivity index (χ4v) is 1.64. The van der Waals surface area contributed by atoms with Crippen LogP contribution in [0.1, 0.15) is 25.2 Å². The number of imide groups is 1. The van der Waals surface area contributed by atoms with Crippen LogP contribution in [0.3, 0.4) is 0 Å². The van der Waals surface area contributed by atoms with Crippen LogP contribution in [0.5, 0.6) is 0 Å². The van der Waals surface area contributed by atoms with E-state index in [-0.39, 0.29) is 6.54 Å². The summed E-state index contributed by atoms with van der Waals surface area (Å²) in [5.41, 5.74) is 12.9. The molecule has 0 bridgehead atoms. The fourth-order valence-electron chi connectivity index (χ4n) is 1.64. The van der Waals surface area contributed by atoms with Gasteiger partial charge in [0.1, 0.15) is 6.54 Å². The average molecular weight is 239 g/mol. The van der Waals surface area contributed by atoms with Crippen LogP contribution in [0.2, 0.25) is 0 Å². The molecule has 17 heavy (non-hydrogen) atoms. The first-order chi connectivity index (χ1) is 7.99. The van der Waals surface area contributed by atoms with Gasteiger partial charge in [0, 0.05) is 0 Å². The molecule has 0 aliphatic heterocycles. The molecule has 7 nitrogen and oxygen atoms in total. The average Bonchev–Trinajstić information content (AvgIpc) is 2.53. The molecule has 0 saturated carbocycles. The number of amides is 3. The highest BCUT2D eigenvalue weighted by atomic mass is 16.2. The number of nitrogens with one attached hydrogen (secondary N) is 1. The topological polar surface area (TPSA) is 116 Å². The van der Waals surface area contributed by atoms with E-state index in [0.717, 1.165) is 11.4 Å². The van der Waals surface area contributed by atoms with Crippen molar-refractivity contribution >= 4 is 17.6 Å². The highest BCUT2D eigenvalue weighted by Crippen LogP contribution is 2.18. The van der Waals surface area contributed by atoms with Crippen molar-refractivity contribution in [3.05, 3.63) is 11.4 Å². The van der Waals surface area contributed by atoms with Gasteiger partial charge in [-0.3, -0.25) is 14.8 Å². The van der Waals surface area contributed by atoms with Crippen LogP contribution in [0.15, 0.2) is 0 Å². The Balaban J connectivity index is 2.90. The normalized spacial score (nSPS) is 10.2. The van der Waals surface area contributed by atoms with Gasteiger partial charge >= 0.3 is 6.03 Å². The number of anilines is 1. The number of hydrogen-bond acceptors (Lipinski definition) is 4. The smallest absolute Gasteiger partial charge is 0.318 e. The molecule has 0 aliphatic rings. The molecule has 3 amide bonds. The Bertz CT molecular complexity index is 438. The molecule has 0 aromatic carbocycles. The van der Waals surface area contributed by atoms with Crippen molar-refractivity contribution in [2.24, 2.45) is 5.73 Å². The number of hydrogen-bond donors (Lipinski definition) is 3. The van der Waals surface area contributed by atoms with E-state index in [4.69, 9.17) is 11.5 Å². The van der Waals surface area contributed by atoms with Crippen LogP contribution in [-0.4, -0.2) is 21.7 Å². The Morgan fingerprint density at radius 3 is 2.47 bits per heavy atom. The standard InChI is InChI=1S/C10H17N5O2/c1-3-6-9(11)7(4-2)15(14-6)5-8(16)13-10(12)17/h3-5,11H2,1-2H3,(H3,12,13,16,17). The van der Waals surface area contributed by atoms with Gasteiger partial charge in [-0.1, -0.05) is 13.8 Å². The first kappa shape index (κ1) is 13.0. The SMILES string of the molecule is CCc1nn(CC(=O)NC(N)=O)c(CC)c1N. The molecule has 1 heterocycles. The number of nitrogens with zero attached hydrogens (tertiary/aromatic N) is 2. The molecule has 0 radical (unpaired) electrons. The summed E-state index contributed by atoms with van der Waals surface area (Å²) in [6.07, 6.45) is 1.37. The lowest BCUT2D eigenvalue weighted by atomic mass is 10.2. The van der Waals surface area contributed by atoms with Crippen molar-refractivity contribution in [3.8, 4) is 0 Å². The van der Waals surface area contributed by atoms with E-state index < -0.39 is 11.9 Å². The van der Waals surface area contributed by atoms with Gasteiger partial charge in [-0.05, 0) is 12.8 Å². The third kappa shape index (κ3) is 2.96. The van der Waals surface area contributed by atoms with Gasteiger partial charge in [0.25, 0.3) is 0 Å². The molecule has 94 valence electrons. The molecule has 7 heteroatoms. The summed E-state index contributed by atoms with van der Waals surface area (Å²) in [5.74, 6) is -0.502. The summed E-state index contributed by atoms with van der Waals surface area (Å²) in [5, 5.41) is 6.21. The van der Waals surface area contributed by atoms with E-state index in [1.54, 1.807) is 0 Å². The van der Waals surface area contributed by atoms with E-state index in [2.05, 4.69) is 5.10 Å². The second kappa shape index (κ2) is 5.33. The van der Waals surface area contributed by atoms with E-state index in [1.165, 1.54) is 4.68 Å². The Hall–Kier alpha value is -2.05. The van der Waals surface area contributed by atoms with Crippen LogP contribution in [0, 0.1) is 0 Å². The minimum atomic E-state index is -0.871. The van der Waals surface area contributed by atoms with Crippen molar-refractivity contribution in [2.75, 3.05) is 5.73 Å². The Morgan fingerprint density at radius 2 is 2.00 bits per heavy atom. The fraction of sp³-hybridized carbons (Fsp3) is 0.500. The van der Waals surface area contributed by atoms with Gasteiger partial charge in [-0.15, -0.1) is 0 Å². The number of urea groups is 1. The second-order valence-corrected chi connectivity index (χ2v) is 3.58. The molecule has 5 N–H and O–H groups in total. The van der Waals surface area contributed by atoms with Gasteiger partial charge in [0.15, 0.2) is 0 Å². The Labute approximate surface area is 99.1 Å². The molecular weight excluding hydrogens is 222 g/mol. The Kier molecular flexibility index (Phi) is 4.08. The minimum Gasteiger partial charge on any atom is -0.396 e. The number of aryl methyl sites for hydroxylation is 1. The predicted octanol–water partition coefficient (Wildman–Crippen LogP) is -0.215. The van der Waals surface area contributed by atoms with Crippen LogP contribution in [0.25, 0.3) is 0 Å². The van der Waals surface area contributed by atoms with Crippen LogP contribution < -0.4 is 16.8 Å². The molecule has 1 aromatic heterocycles. The van der Waals surface area contributed by atoms with Gasteiger partial charge in [-0.2, -0.15) is 5.10 Å². The van der Waals surface area contributed by atoms with E-state index >= 15 is 0 Å². The number of carbonyl (C=O) groups excluding carboxylic acids is 2. The van der Waals surface area contributed by atoms with Gasteiger partial charge < -0.3 is 11.5 Å². The number of nitrogens with two attached hydrogens (primary N) is 2. The van der Waals surface area contributed by atoms with E-state index in [9.17, 15) is 9.59 Å². The minimum absolute atomic E-state index is 0.0592. The number of rotatable bonds is 4. The monoisotopic (exact) mass is 239 g/mol. The van der Waals surface area contributed by atoms with Crippen molar-refractivity contribution in [3.63, 3.8) is 0 Å². The molecular formula is C10H17N5O2. The first-order valence-corrected chi connectivity index (χ1v) is 5.42. The van der Waals surface area contributed by atoms with Crippen molar-refractivity contribution in [2.45, 2.75) is 33.2 Å². The largest absolute Gasteiger partial charge is 0.396 e. The lowest BCUT2D eigenvalue weighted by Gasteiger charge is -2.05. The molecule has 0 atom stereocenters. The quantitative estimate of drug-likeness (QED) is 0.673. The lowest BCUT2D eigenvalue weighted by molar-refractivity contribution is -0.120. The summed E-state index contributed by atoms with van der Waals surface area (Å²) in [4.78, 5) is 21.9. The summed E-state index contributed by atoms with van der Waals surface area (Å²) < 4.78 is 1.51. The second-order valence-electron chi connectivity index (χ2n) is 3.58. The summed E-state index contributed by atoms with van der Waals surface area (Å²) in [7, 11) is 0. The zero-order valence-corrected chi connectivity index (χ0v) is 9.99. The summed E-state index contributed by atoms with van der Waals surface area (Å²) >= 11 is 0. The number of aromatic nitrogens is 2. The highest BCUT2D eigenvalue weighted by molar-refractivity contribution is 5.93. The van der Waals surface area contributed by atoms with Gasteiger partial charge in [0.2, 0.25) is 5.91 Å². The van der Waals surface area contributed by atoms with Crippen LogP contribution in [0.4, 0.5) is 10.5 Å². The van der Waals surface area contributed by atoms with Crippen molar-refractivity contribution < 1.29 is 9.59 Å². The lowest BCUT2D eigenvalue weighted by Crippen LogP contribution is -2.37. The third-order valence-corrected chi connectivity index (χ3v) is 2.40.